The van der Waals surface area contributed by atoms with Crippen LogP contribution in [-0.4, -0.2) is 21.4 Å². The van der Waals surface area contributed by atoms with E-state index in [0.29, 0.717) is 16.5 Å². The standard InChI is InChI=1S/C19H21ClN2O3S/c1-21-26(24,25)17-11-7-15(8-12-17)19(23)22-18(13-3-2-4-13)14-5-9-16(20)10-6-14/h5-13,18,21H,2-4H2,1H3,(H,22,23). The molecule has 0 aromatic heterocycles. The molecule has 0 saturated heterocycles. The summed E-state index contributed by atoms with van der Waals surface area (Å²) in [4.78, 5) is 12.8. The van der Waals surface area contributed by atoms with E-state index < -0.39 is 10.0 Å². The van der Waals surface area contributed by atoms with Gasteiger partial charge in [0.05, 0.1) is 10.9 Å². The molecule has 7 heteroatoms. The van der Waals surface area contributed by atoms with Gasteiger partial charge in [0.25, 0.3) is 5.91 Å². The lowest BCUT2D eigenvalue weighted by molar-refractivity contribution is 0.0900. The maximum atomic E-state index is 12.7. The Kier molecular flexibility index (Phi) is 5.65. The number of amides is 1. The zero-order chi connectivity index (χ0) is 18.7. The highest BCUT2D eigenvalue weighted by Gasteiger charge is 2.30. The maximum absolute atomic E-state index is 12.7. The molecule has 0 aliphatic heterocycles. The number of sulfonamides is 1. The van der Waals surface area contributed by atoms with Crippen molar-refractivity contribution in [3.05, 3.63) is 64.7 Å². The normalized spacial score (nSPS) is 15.9. The minimum absolute atomic E-state index is 0.0748. The molecule has 0 bridgehead atoms. The largest absolute Gasteiger partial charge is 0.345 e. The van der Waals surface area contributed by atoms with Gasteiger partial charge in [-0.25, -0.2) is 13.1 Å². The number of carbonyl (C=O) groups is 1. The van der Waals surface area contributed by atoms with E-state index in [4.69, 9.17) is 11.6 Å². The zero-order valence-electron chi connectivity index (χ0n) is 14.4. The highest BCUT2D eigenvalue weighted by Crippen LogP contribution is 2.38. The molecule has 1 fully saturated rings. The Balaban J connectivity index is 1.78. The van der Waals surface area contributed by atoms with Crippen LogP contribution in [-0.2, 0) is 10.0 Å². The second-order valence-electron chi connectivity index (χ2n) is 6.43. The molecule has 5 nitrogen and oxygen atoms in total. The molecule has 0 spiro atoms. The van der Waals surface area contributed by atoms with Crippen molar-refractivity contribution in [2.45, 2.75) is 30.2 Å². The van der Waals surface area contributed by atoms with E-state index in [9.17, 15) is 13.2 Å². The maximum Gasteiger partial charge on any atom is 0.251 e. The third-order valence-corrected chi connectivity index (χ3v) is 6.51. The number of hydrogen-bond donors (Lipinski definition) is 2. The number of halogens is 1. The Bertz CT molecular complexity index is 876. The number of carbonyl (C=O) groups excluding carboxylic acids is 1. The van der Waals surface area contributed by atoms with E-state index in [1.807, 2.05) is 24.3 Å². The van der Waals surface area contributed by atoms with E-state index >= 15 is 0 Å². The first-order valence-corrected chi connectivity index (χ1v) is 10.4. The minimum Gasteiger partial charge on any atom is -0.345 e. The molecule has 1 atom stereocenters. The second-order valence-corrected chi connectivity index (χ2v) is 8.75. The molecule has 26 heavy (non-hydrogen) atoms. The van der Waals surface area contributed by atoms with Crippen molar-refractivity contribution in [2.75, 3.05) is 7.05 Å². The summed E-state index contributed by atoms with van der Waals surface area (Å²) in [7, 11) is -2.16. The molecule has 2 aromatic carbocycles. The van der Waals surface area contributed by atoms with E-state index in [-0.39, 0.29) is 16.8 Å². The lowest BCUT2D eigenvalue weighted by atomic mass is 9.77. The SMILES string of the molecule is CNS(=O)(=O)c1ccc(C(=O)NC(c2ccc(Cl)cc2)C2CCC2)cc1. The van der Waals surface area contributed by atoms with Crippen LogP contribution < -0.4 is 10.0 Å². The number of hydrogen-bond acceptors (Lipinski definition) is 3. The van der Waals surface area contributed by atoms with Gasteiger partial charge in [0, 0.05) is 10.6 Å². The highest BCUT2D eigenvalue weighted by atomic mass is 35.5. The summed E-state index contributed by atoms with van der Waals surface area (Å²) in [5.41, 5.74) is 1.46. The Morgan fingerprint density at radius 3 is 2.19 bits per heavy atom. The third kappa shape index (κ3) is 4.09. The monoisotopic (exact) mass is 392 g/mol. The van der Waals surface area contributed by atoms with E-state index in [1.165, 1.54) is 37.7 Å². The summed E-state index contributed by atoms with van der Waals surface area (Å²) >= 11 is 5.97. The molecular weight excluding hydrogens is 372 g/mol. The van der Waals surface area contributed by atoms with Crippen LogP contribution in [0.2, 0.25) is 5.02 Å². The third-order valence-electron chi connectivity index (χ3n) is 4.83. The van der Waals surface area contributed by atoms with Crippen LogP contribution in [0.1, 0.15) is 41.2 Å². The summed E-state index contributed by atoms with van der Waals surface area (Å²) in [5, 5.41) is 3.76. The van der Waals surface area contributed by atoms with E-state index in [1.54, 1.807) is 0 Å². The first kappa shape index (κ1) is 18.9. The van der Waals surface area contributed by atoms with Gasteiger partial charge in [-0.3, -0.25) is 4.79 Å². The minimum atomic E-state index is -3.51. The molecule has 1 unspecified atom stereocenters. The van der Waals surface area contributed by atoms with Gasteiger partial charge < -0.3 is 5.32 Å². The predicted octanol–water partition coefficient (Wildman–Crippen LogP) is 3.52. The molecule has 1 amide bonds. The lowest BCUT2D eigenvalue weighted by Crippen LogP contribution is -2.36. The van der Waals surface area contributed by atoms with Crippen LogP contribution in [0.4, 0.5) is 0 Å². The molecule has 3 rings (SSSR count). The fraction of sp³-hybridized carbons (Fsp3) is 0.316. The molecule has 138 valence electrons. The van der Waals surface area contributed by atoms with Crippen molar-refractivity contribution in [1.82, 2.24) is 10.0 Å². The molecule has 0 radical (unpaired) electrons. The molecular formula is C19H21ClN2O3S. The molecule has 1 aliphatic carbocycles. The first-order valence-electron chi connectivity index (χ1n) is 8.50. The van der Waals surface area contributed by atoms with Gasteiger partial charge in [-0.15, -0.1) is 0 Å². The molecule has 2 N–H and O–H groups in total. The molecule has 0 heterocycles. The van der Waals surface area contributed by atoms with E-state index in [0.717, 1.165) is 18.4 Å². The van der Waals surface area contributed by atoms with Crippen molar-refractivity contribution in [1.29, 1.82) is 0 Å². The van der Waals surface area contributed by atoms with E-state index in [2.05, 4.69) is 10.0 Å². The summed E-state index contributed by atoms with van der Waals surface area (Å²) in [6.45, 7) is 0. The van der Waals surface area contributed by atoms with Gasteiger partial charge >= 0.3 is 0 Å². The van der Waals surface area contributed by atoms with Gasteiger partial charge in [-0.1, -0.05) is 30.2 Å². The summed E-state index contributed by atoms with van der Waals surface area (Å²) < 4.78 is 25.8. The Morgan fingerprint density at radius 1 is 1.08 bits per heavy atom. The summed E-state index contributed by atoms with van der Waals surface area (Å²) in [5.74, 6) is 0.189. The fourth-order valence-electron chi connectivity index (χ4n) is 3.04. The zero-order valence-corrected chi connectivity index (χ0v) is 16.0. The van der Waals surface area contributed by atoms with Crippen molar-refractivity contribution in [3.63, 3.8) is 0 Å². The smallest absolute Gasteiger partial charge is 0.251 e. The van der Waals surface area contributed by atoms with Crippen LogP contribution in [0.5, 0.6) is 0 Å². The second kappa shape index (κ2) is 7.78. The Hall–Kier alpha value is -1.89. The fourth-order valence-corrected chi connectivity index (χ4v) is 3.90. The van der Waals surface area contributed by atoms with Crippen LogP contribution in [0.25, 0.3) is 0 Å². The number of benzene rings is 2. The van der Waals surface area contributed by atoms with Crippen LogP contribution in [0.15, 0.2) is 53.4 Å². The average molecular weight is 393 g/mol. The quantitative estimate of drug-likeness (QED) is 0.789. The Morgan fingerprint density at radius 2 is 1.69 bits per heavy atom. The summed E-state index contributed by atoms with van der Waals surface area (Å²) in [6.07, 6.45) is 3.32. The van der Waals surface area contributed by atoms with Crippen molar-refractivity contribution < 1.29 is 13.2 Å². The van der Waals surface area contributed by atoms with Crippen LogP contribution in [0, 0.1) is 5.92 Å². The van der Waals surface area contributed by atoms with Crippen molar-refractivity contribution in [2.24, 2.45) is 5.92 Å². The highest BCUT2D eigenvalue weighted by molar-refractivity contribution is 7.89. The van der Waals surface area contributed by atoms with Crippen molar-refractivity contribution in [3.8, 4) is 0 Å². The predicted molar refractivity (Wildman–Crippen MR) is 102 cm³/mol. The van der Waals surface area contributed by atoms with Gasteiger partial charge in [0.15, 0.2) is 0 Å². The topological polar surface area (TPSA) is 75.3 Å². The van der Waals surface area contributed by atoms with Gasteiger partial charge in [-0.2, -0.15) is 0 Å². The molecule has 1 aliphatic rings. The molecule has 2 aromatic rings. The number of rotatable bonds is 6. The lowest BCUT2D eigenvalue weighted by Gasteiger charge is -2.34. The first-order chi connectivity index (χ1) is 12.4. The van der Waals surface area contributed by atoms with Gasteiger partial charge in [0.1, 0.15) is 0 Å². The van der Waals surface area contributed by atoms with Crippen molar-refractivity contribution >= 4 is 27.5 Å². The van der Waals surface area contributed by atoms with Gasteiger partial charge in [0.2, 0.25) is 10.0 Å². The van der Waals surface area contributed by atoms with Crippen LogP contribution >= 0.6 is 11.6 Å². The Labute approximate surface area is 158 Å². The van der Waals surface area contributed by atoms with Gasteiger partial charge in [-0.05, 0) is 67.8 Å². The summed E-state index contributed by atoms with van der Waals surface area (Å²) in [6, 6.07) is 13.4. The number of nitrogens with one attached hydrogen (secondary N) is 2. The average Bonchev–Trinajstić information content (AvgIpc) is 2.60. The van der Waals surface area contributed by atoms with Crippen LogP contribution in [0.3, 0.4) is 0 Å². The molecule has 1 saturated carbocycles.